The number of benzene rings is 1. The minimum Gasteiger partial charge on any atom is -0.490 e. The molecule has 0 unspecified atom stereocenters. The predicted molar refractivity (Wildman–Crippen MR) is 101 cm³/mol. The average molecular weight is 388 g/mol. The number of rotatable bonds is 3. The van der Waals surface area contributed by atoms with Crippen LogP contribution in [0.1, 0.15) is 29.0 Å². The van der Waals surface area contributed by atoms with Crippen molar-refractivity contribution in [3.63, 3.8) is 0 Å². The summed E-state index contributed by atoms with van der Waals surface area (Å²) in [5.74, 6) is 0.308. The minimum absolute atomic E-state index is 0.0113. The molecule has 1 saturated heterocycles. The normalized spacial score (nSPS) is 15.3. The first-order valence-corrected chi connectivity index (χ1v) is 9.25. The van der Waals surface area contributed by atoms with E-state index in [1.165, 1.54) is 12.1 Å². The maximum Gasteiger partial charge on any atom is 0.272 e. The number of pyridine rings is 1. The van der Waals surface area contributed by atoms with E-state index in [9.17, 15) is 9.18 Å². The summed E-state index contributed by atoms with van der Waals surface area (Å²) in [7, 11) is 0. The van der Waals surface area contributed by atoms with Gasteiger partial charge in [-0.1, -0.05) is 11.6 Å². The molecule has 0 N–H and O–H groups in total. The third kappa shape index (κ3) is 3.62. The predicted octanol–water partition coefficient (Wildman–Crippen LogP) is 4.12. The van der Waals surface area contributed by atoms with Crippen LogP contribution in [0.3, 0.4) is 0 Å². The Hall–Kier alpha value is -2.60. The highest BCUT2D eigenvalue weighted by molar-refractivity contribution is 6.30. The fraction of sp³-hybridized carbons (Fsp3) is 0.300. The summed E-state index contributed by atoms with van der Waals surface area (Å²) < 4.78 is 20.6. The van der Waals surface area contributed by atoms with Crippen LogP contribution in [0.2, 0.25) is 5.02 Å². The highest BCUT2D eigenvalue weighted by atomic mass is 35.5. The minimum atomic E-state index is -0.286. The van der Waals surface area contributed by atoms with Gasteiger partial charge in [0, 0.05) is 32.1 Å². The molecule has 27 heavy (non-hydrogen) atoms. The third-order valence-corrected chi connectivity index (χ3v) is 5.03. The first-order valence-electron chi connectivity index (χ1n) is 8.87. The molecular formula is C20H19ClFN3O2. The number of halogens is 2. The standard InChI is InChI=1S/C20H19ClFN3O2/c1-13-19(25-12-14(21)2-7-18(25)23-13)20(26)24-10-8-17(9-11-24)27-16-5-3-15(22)4-6-16/h2-7,12,17H,8-11H2,1H3. The lowest BCUT2D eigenvalue weighted by Crippen LogP contribution is -2.42. The molecule has 3 heterocycles. The monoisotopic (exact) mass is 387 g/mol. The molecule has 3 aromatic rings. The Labute approximate surface area is 161 Å². The van der Waals surface area contributed by atoms with Gasteiger partial charge in [0.2, 0.25) is 0 Å². The van der Waals surface area contributed by atoms with Gasteiger partial charge in [-0.05, 0) is 43.3 Å². The smallest absolute Gasteiger partial charge is 0.272 e. The average Bonchev–Trinajstić information content (AvgIpc) is 2.98. The van der Waals surface area contributed by atoms with Gasteiger partial charge in [0.05, 0.1) is 10.7 Å². The number of hydrogen-bond acceptors (Lipinski definition) is 3. The number of carbonyl (C=O) groups excluding carboxylic acids is 1. The summed E-state index contributed by atoms with van der Waals surface area (Å²) in [5.41, 5.74) is 1.94. The molecule has 0 spiro atoms. The molecule has 2 aromatic heterocycles. The lowest BCUT2D eigenvalue weighted by atomic mass is 10.1. The Morgan fingerprint density at radius 3 is 2.59 bits per heavy atom. The Morgan fingerprint density at radius 2 is 1.89 bits per heavy atom. The van der Waals surface area contributed by atoms with E-state index < -0.39 is 0 Å². The number of fused-ring (bicyclic) bond motifs is 1. The van der Waals surface area contributed by atoms with Crippen LogP contribution in [-0.2, 0) is 0 Å². The fourth-order valence-corrected chi connectivity index (χ4v) is 3.59. The Morgan fingerprint density at radius 1 is 1.19 bits per heavy atom. The molecule has 5 nitrogen and oxygen atoms in total. The number of ether oxygens (including phenoxy) is 1. The molecule has 1 amide bonds. The fourth-order valence-electron chi connectivity index (χ4n) is 3.43. The molecule has 1 aliphatic heterocycles. The van der Waals surface area contributed by atoms with Crippen LogP contribution in [0.25, 0.3) is 5.65 Å². The lowest BCUT2D eigenvalue weighted by Gasteiger charge is -2.32. The van der Waals surface area contributed by atoms with E-state index >= 15 is 0 Å². The zero-order valence-electron chi connectivity index (χ0n) is 14.9. The van der Waals surface area contributed by atoms with Crippen molar-refractivity contribution >= 4 is 23.2 Å². The highest BCUT2D eigenvalue weighted by Crippen LogP contribution is 2.22. The third-order valence-electron chi connectivity index (χ3n) is 4.80. The first kappa shape index (κ1) is 17.8. The van der Waals surface area contributed by atoms with Crippen LogP contribution in [0.15, 0.2) is 42.6 Å². The summed E-state index contributed by atoms with van der Waals surface area (Å²) in [5, 5.41) is 0.556. The van der Waals surface area contributed by atoms with E-state index in [4.69, 9.17) is 16.3 Å². The van der Waals surface area contributed by atoms with Crippen molar-refractivity contribution in [3.8, 4) is 5.75 Å². The second kappa shape index (κ2) is 7.19. The molecule has 1 fully saturated rings. The molecule has 7 heteroatoms. The first-order chi connectivity index (χ1) is 13.0. The molecule has 4 rings (SSSR count). The molecule has 140 valence electrons. The van der Waals surface area contributed by atoms with Crippen molar-refractivity contribution in [1.29, 1.82) is 0 Å². The van der Waals surface area contributed by atoms with Crippen molar-refractivity contribution in [2.24, 2.45) is 0 Å². The largest absolute Gasteiger partial charge is 0.490 e. The number of piperidine rings is 1. The van der Waals surface area contributed by atoms with Gasteiger partial charge in [-0.2, -0.15) is 0 Å². The van der Waals surface area contributed by atoms with Crippen LogP contribution >= 0.6 is 11.6 Å². The van der Waals surface area contributed by atoms with Crippen molar-refractivity contribution in [3.05, 3.63) is 64.8 Å². The SMILES string of the molecule is Cc1nc2ccc(Cl)cn2c1C(=O)N1CCC(Oc2ccc(F)cc2)CC1. The number of carbonyl (C=O) groups is 1. The molecule has 0 bridgehead atoms. The van der Waals surface area contributed by atoms with Gasteiger partial charge < -0.3 is 9.64 Å². The van der Waals surface area contributed by atoms with E-state index in [2.05, 4.69) is 4.98 Å². The quantitative estimate of drug-likeness (QED) is 0.679. The van der Waals surface area contributed by atoms with Crippen LogP contribution in [-0.4, -0.2) is 39.4 Å². The summed E-state index contributed by atoms with van der Waals surface area (Å²) in [4.78, 5) is 19.3. The van der Waals surface area contributed by atoms with E-state index in [1.54, 1.807) is 34.9 Å². The molecule has 0 saturated carbocycles. The lowest BCUT2D eigenvalue weighted by molar-refractivity contribution is 0.0588. The van der Waals surface area contributed by atoms with Crippen molar-refractivity contribution in [2.45, 2.75) is 25.9 Å². The van der Waals surface area contributed by atoms with Crippen LogP contribution in [0, 0.1) is 12.7 Å². The van der Waals surface area contributed by atoms with E-state index in [1.807, 2.05) is 11.8 Å². The zero-order valence-corrected chi connectivity index (χ0v) is 15.6. The van der Waals surface area contributed by atoms with Gasteiger partial charge in [-0.25, -0.2) is 9.37 Å². The molecule has 0 atom stereocenters. The summed E-state index contributed by atoms with van der Waals surface area (Å²) in [6.07, 6.45) is 3.17. The summed E-state index contributed by atoms with van der Waals surface area (Å²) in [6, 6.07) is 9.57. The number of aryl methyl sites for hydroxylation is 1. The number of imidazole rings is 1. The number of likely N-dealkylation sites (tertiary alicyclic amines) is 1. The second-order valence-corrected chi connectivity index (χ2v) is 7.12. The Bertz CT molecular complexity index is 979. The second-order valence-electron chi connectivity index (χ2n) is 6.68. The van der Waals surface area contributed by atoms with Gasteiger partial charge in [-0.3, -0.25) is 9.20 Å². The van der Waals surface area contributed by atoms with Gasteiger partial charge in [0.1, 0.15) is 29.0 Å². The van der Waals surface area contributed by atoms with E-state index in [-0.39, 0.29) is 17.8 Å². The van der Waals surface area contributed by atoms with Crippen molar-refractivity contribution in [1.82, 2.24) is 14.3 Å². The molecule has 1 aromatic carbocycles. The van der Waals surface area contributed by atoms with Gasteiger partial charge in [0.25, 0.3) is 5.91 Å². The van der Waals surface area contributed by atoms with E-state index in [0.717, 1.165) is 12.8 Å². The van der Waals surface area contributed by atoms with Crippen molar-refractivity contribution in [2.75, 3.05) is 13.1 Å². The van der Waals surface area contributed by atoms with Gasteiger partial charge >= 0.3 is 0 Å². The maximum absolute atomic E-state index is 13.0. The van der Waals surface area contributed by atoms with Crippen LogP contribution in [0.5, 0.6) is 5.75 Å². The Balaban J connectivity index is 1.45. The van der Waals surface area contributed by atoms with Crippen LogP contribution < -0.4 is 4.74 Å². The van der Waals surface area contributed by atoms with Gasteiger partial charge in [0.15, 0.2) is 0 Å². The van der Waals surface area contributed by atoms with Crippen molar-refractivity contribution < 1.29 is 13.9 Å². The van der Waals surface area contributed by atoms with E-state index in [0.29, 0.717) is 40.9 Å². The molecule has 0 radical (unpaired) electrons. The van der Waals surface area contributed by atoms with Gasteiger partial charge in [-0.15, -0.1) is 0 Å². The topological polar surface area (TPSA) is 46.8 Å². The number of hydrogen-bond donors (Lipinski definition) is 0. The molecule has 1 aliphatic rings. The summed E-state index contributed by atoms with van der Waals surface area (Å²) in [6.45, 7) is 3.02. The Kier molecular flexibility index (Phi) is 4.74. The number of aromatic nitrogens is 2. The molecular weight excluding hydrogens is 369 g/mol. The summed E-state index contributed by atoms with van der Waals surface area (Å²) >= 11 is 6.08. The molecule has 0 aliphatic carbocycles. The maximum atomic E-state index is 13.0. The number of nitrogens with zero attached hydrogens (tertiary/aromatic N) is 3. The number of amides is 1. The zero-order chi connectivity index (χ0) is 19.0. The van der Waals surface area contributed by atoms with Crippen LogP contribution in [0.4, 0.5) is 4.39 Å². The highest BCUT2D eigenvalue weighted by Gasteiger charge is 2.28.